The Morgan fingerprint density at radius 3 is 2.00 bits per heavy atom. The first kappa shape index (κ1) is 3.61. The molecule has 0 unspecified atom stereocenters. The first-order valence-corrected chi connectivity index (χ1v) is 3.52. The summed E-state index contributed by atoms with van der Waals surface area (Å²) in [4.78, 5) is 0. The van der Waals surface area contributed by atoms with Crippen molar-refractivity contribution in [2.75, 3.05) is 12.3 Å². The molecule has 0 aromatic heterocycles. The fourth-order valence-electron chi connectivity index (χ4n) is 0.433. The maximum atomic E-state index is 2.32. The smallest absolute Gasteiger partial charge is 0.0324 e. The van der Waals surface area contributed by atoms with Crippen molar-refractivity contribution in [2.45, 2.75) is 6.92 Å². The first-order valence-electron chi connectivity index (χ1n) is 2.10. The lowest BCUT2D eigenvalue weighted by molar-refractivity contribution is 0.713. The van der Waals surface area contributed by atoms with Crippen LogP contribution in [0.25, 0.3) is 0 Å². The van der Waals surface area contributed by atoms with E-state index in [0.29, 0.717) is 0 Å². The highest BCUT2D eigenvalue weighted by molar-refractivity contribution is 7.39. The topological polar surface area (TPSA) is 0 Å². The van der Waals surface area contributed by atoms with Gasteiger partial charge in [0.25, 0.3) is 0 Å². The van der Waals surface area contributed by atoms with E-state index in [0.717, 1.165) is 5.92 Å². The van der Waals surface area contributed by atoms with Crippen LogP contribution in [0.5, 0.6) is 0 Å². The normalized spacial score (nSPS) is 41.4. The van der Waals surface area contributed by atoms with Crippen molar-refractivity contribution in [3.63, 3.8) is 0 Å². The average Bonchev–Trinajstić information content (AvgIpc) is 1.30. The summed E-state index contributed by atoms with van der Waals surface area (Å²) < 4.78 is 0. The van der Waals surface area contributed by atoms with Crippen molar-refractivity contribution in [3.8, 4) is 0 Å². The van der Waals surface area contributed by atoms with Gasteiger partial charge in [0.1, 0.15) is 0 Å². The molecule has 0 radical (unpaired) electrons. The van der Waals surface area contributed by atoms with E-state index in [4.69, 9.17) is 0 Å². The third kappa shape index (κ3) is 0.633. The third-order valence-corrected chi connectivity index (χ3v) is 2.96. The fraction of sp³-hybridized carbons (Fsp3) is 1.00. The van der Waals surface area contributed by atoms with E-state index < -0.39 is 0 Å². The third-order valence-electron chi connectivity index (χ3n) is 0.986. The van der Waals surface area contributed by atoms with Crippen LogP contribution < -0.4 is 0 Å². The average molecular weight is 88.1 g/mol. The molecule has 0 aromatic carbocycles. The Balaban J connectivity index is 2.08. The second-order valence-electron chi connectivity index (χ2n) is 1.76. The van der Waals surface area contributed by atoms with Crippen molar-refractivity contribution >= 4 is 8.58 Å². The molecule has 1 rings (SSSR count). The van der Waals surface area contributed by atoms with Crippen LogP contribution in [0.2, 0.25) is 0 Å². The second-order valence-corrected chi connectivity index (χ2v) is 3.08. The molecule has 0 aliphatic carbocycles. The van der Waals surface area contributed by atoms with Gasteiger partial charge >= 0.3 is 0 Å². The van der Waals surface area contributed by atoms with Crippen LogP contribution in [0.1, 0.15) is 6.92 Å². The van der Waals surface area contributed by atoms with Gasteiger partial charge in [-0.2, -0.15) is 0 Å². The maximum absolute atomic E-state index is 2.32. The van der Waals surface area contributed by atoms with E-state index in [1.165, 1.54) is 20.9 Å². The van der Waals surface area contributed by atoms with Gasteiger partial charge in [0.2, 0.25) is 0 Å². The van der Waals surface area contributed by atoms with Crippen LogP contribution >= 0.6 is 8.58 Å². The Morgan fingerprint density at radius 2 is 2.00 bits per heavy atom. The predicted octanol–water partition coefficient (Wildman–Crippen LogP) is 1.31. The summed E-state index contributed by atoms with van der Waals surface area (Å²) in [5.41, 5.74) is 0. The van der Waals surface area contributed by atoms with Gasteiger partial charge in [-0.3, -0.25) is 0 Å². The molecule has 0 bridgehead atoms. The van der Waals surface area contributed by atoms with Crippen molar-refractivity contribution in [2.24, 2.45) is 5.92 Å². The highest BCUT2D eigenvalue weighted by atomic mass is 31.1. The van der Waals surface area contributed by atoms with Crippen LogP contribution in [0.4, 0.5) is 0 Å². The van der Waals surface area contributed by atoms with Gasteiger partial charge in [-0.1, -0.05) is 6.92 Å². The quantitative estimate of drug-likeness (QED) is 0.392. The minimum Gasteiger partial charge on any atom is -0.122 e. The summed E-state index contributed by atoms with van der Waals surface area (Å²) in [6.07, 6.45) is 3.03. The predicted molar refractivity (Wildman–Crippen MR) is 27.2 cm³/mol. The van der Waals surface area contributed by atoms with Gasteiger partial charge < -0.3 is 0 Å². The lowest BCUT2D eigenvalue weighted by Gasteiger charge is -2.19. The van der Waals surface area contributed by atoms with Crippen molar-refractivity contribution in [1.82, 2.24) is 0 Å². The Labute approximate surface area is 34.7 Å². The van der Waals surface area contributed by atoms with E-state index in [9.17, 15) is 0 Å². The maximum Gasteiger partial charge on any atom is -0.0324 e. The molecular formula is C4H9P. The van der Waals surface area contributed by atoms with E-state index >= 15 is 0 Å². The Hall–Kier alpha value is 0.430. The highest BCUT2D eigenvalue weighted by Crippen LogP contribution is 2.29. The van der Waals surface area contributed by atoms with Crippen LogP contribution in [0, 0.1) is 5.92 Å². The zero-order valence-electron chi connectivity index (χ0n) is 3.49. The van der Waals surface area contributed by atoms with Crippen LogP contribution in [0.15, 0.2) is 0 Å². The monoisotopic (exact) mass is 88.0 g/mol. The summed E-state index contributed by atoms with van der Waals surface area (Å²) in [5, 5.41) is 0. The van der Waals surface area contributed by atoms with Crippen LogP contribution in [-0.4, -0.2) is 12.3 Å². The molecule has 1 saturated heterocycles. The number of hydrogen-bond donors (Lipinski definition) is 0. The molecule has 1 heterocycles. The van der Waals surface area contributed by atoms with Crippen molar-refractivity contribution < 1.29 is 0 Å². The minimum absolute atomic E-state index is 1.08. The molecular weight excluding hydrogens is 79.0 g/mol. The molecule has 0 aromatic rings. The molecule has 0 amide bonds. The zero-order valence-corrected chi connectivity index (χ0v) is 4.49. The van der Waals surface area contributed by atoms with Crippen LogP contribution in [-0.2, 0) is 0 Å². The SMILES string of the molecule is CC1CPC1. The Morgan fingerprint density at radius 1 is 1.60 bits per heavy atom. The van der Waals surface area contributed by atoms with Crippen molar-refractivity contribution in [3.05, 3.63) is 0 Å². The summed E-state index contributed by atoms with van der Waals surface area (Å²) in [7, 11) is 1.30. The number of hydrogen-bond acceptors (Lipinski definition) is 0. The molecule has 1 fully saturated rings. The van der Waals surface area contributed by atoms with E-state index in [2.05, 4.69) is 6.92 Å². The molecule has 0 atom stereocenters. The summed E-state index contributed by atoms with van der Waals surface area (Å²) in [6.45, 7) is 2.32. The van der Waals surface area contributed by atoms with Crippen LogP contribution in [0.3, 0.4) is 0 Å². The van der Waals surface area contributed by atoms with E-state index in [-0.39, 0.29) is 0 Å². The number of rotatable bonds is 0. The molecule has 1 aliphatic heterocycles. The second kappa shape index (κ2) is 1.26. The lowest BCUT2D eigenvalue weighted by Crippen LogP contribution is -2.09. The summed E-state index contributed by atoms with van der Waals surface area (Å²) in [5.74, 6) is 1.08. The van der Waals surface area contributed by atoms with E-state index in [1.54, 1.807) is 0 Å². The first-order chi connectivity index (χ1) is 2.39. The van der Waals surface area contributed by atoms with Crippen molar-refractivity contribution in [1.29, 1.82) is 0 Å². The highest BCUT2D eigenvalue weighted by Gasteiger charge is 2.09. The largest absolute Gasteiger partial charge is 0.122 e. The standard InChI is InChI=1S/C4H9P/c1-4-2-5-3-4/h4-5H,2-3H2,1H3. The van der Waals surface area contributed by atoms with Gasteiger partial charge in [-0.15, -0.1) is 8.58 Å². The molecule has 0 nitrogen and oxygen atoms in total. The summed E-state index contributed by atoms with van der Waals surface area (Å²) >= 11 is 0. The zero-order chi connectivity index (χ0) is 3.70. The minimum atomic E-state index is 1.08. The fourth-order valence-corrected chi connectivity index (χ4v) is 1.30. The lowest BCUT2D eigenvalue weighted by atomic mass is 10.2. The molecule has 0 spiro atoms. The molecule has 1 aliphatic rings. The van der Waals surface area contributed by atoms with E-state index in [1.807, 2.05) is 0 Å². The van der Waals surface area contributed by atoms with Gasteiger partial charge in [-0.05, 0) is 18.2 Å². The molecule has 1 heteroatoms. The molecule has 30 valence electrons. The van der Waals surface area contributed by atoms with Gasteiger partial charge in [0.15, 0.2) is 0 Å². The Kier molecular flexibility index (Phi) is 0.911. The Bertz CT molecular complexity index is 30.6. The molecule has 0 N–H and O–H groups in total. The van der Waals surface area contributed by atoms with Gasteiger partial charge in [0, 0.05) is 0 Å². The summed E-state index contributed by atoms with van der Waals surface area (Å²) in [6, 6.07) is 0. The van der Waals surface area contributed by atoms with Gasteiger partial charge in [-0.25, -0.2) is 0 Å². The molecule has 5 heavy (non-hydrogen) atoms. The van der Waals surface area contributed by atoms with Gasteiger partial charge in [0.05, 0.1) is 0 Å². The molecule has 0 saturated carbocycles.